The van der Waals surface area contributed by atoms with Crippen molar-refractivity contribution in [2.24, 2.45) is 0 Å². The molecule has 0 aromatic heterocycles. The fourth-order valence-electron chi connectivity index (χ4n) is 3.70. The van der Waals surface area contributed by atoms with E-state index in [0.29, 0.717) is 23.5 Å². The Labute approximate surface area is 138 Å². The first kappa shape index (κ1) is 16.3. The molecular weight excluding hydrogens is 292 g/mol. The molecule has 5 heteroatoms. The fourth-order valence-corrected chi connectivity index (χ4v) is 3.70. The molecular formula is C18H26N2O3. The number of methoxy groups -OCH3 is 2. The number of likely N-dealkylation sites (tertiary alicyclic amines) is 2. The van der Waals surface area contributed by atoms with Gasteiger partial charge in [0.15, 0.2) is 0 Å². The van der Waals surface area contributed by atoms with Gasteiger partial charge in [-0.25, -0.2) is 0 Å². The van der Waals surface area contributed by atoms with E-state index in [2.05, 4.69) is 4.90 Å². The van der Waals surface area contributed by atoms with E-state index in [-0.39, 0.29) is 5.91 Å². The van der Waals surface area contributed by atoms with Crippen LogP contribution in [0.4, 0.5) is 0 Å². The van der Waals surface area contributed by atoms with E-state index < -0.39 is 0 Å². The Kier molecular flexibility index (Phi) is 5.18. The Morgan fingerprint density at radius 1 is 1.09 bits per heavy atom. The molecule has 1 amide bonds. The highest BCUT2D eigenvalue weighted by Crippen LogP contribution is 2.25. The van der Waals surface area contributed by atoms with Crippen LogP contribution < -0.4 is 4.74 Å². The SMILES string of the molecule is COc1ccccc1C(=O)N1CCC(N2CCC(OC)C2)CC1. The summed E-state index contributed by atoms with van der Waals surface area (Å²) >= 11 is 0. The number of nitrogens with zero attached hydrogens (tertiary/aromatic N) is 2. The first-order valence-electron chi connectivity index (χ1n) is 8.42. The van der Waals surface area contributed by atoms with Gasteiger partial charge in [-0.1, -0.05) is 12.1 Å². The molecule has 0 aliphatic carbocycles. The zero-order valence-corrected chi connectivity index (χ0v) is 14.0. The molecule has 0 saturated carbocycles. The van der Waals surface area contributed by atoms with Crippen LogP contribution in [0.5, 0.6) is 5.75 Å². The van der Waals surface area contributed by atoms with Crippen LogP contribution in [0.3, 0.4) is 0 Å². The van der Waals surface area contributed by atoms with Gasteiger partial charge < -0.3 is 14.4 Å². The maximum atomic E-state index is 12.7. The quantitative estimate of drug-likeness (QED) is 0.852. The number of hydrogen-bond acceptors (Lipinski definition) is 4. The molecule has 1 aromatic rings. The number of rotatable bonds is 4. The predicted molar refractivity (Wildman–Crippen MR) is 88.9 cm³/mol. The molecule has 2 saturated heterocycles. The minimum absolute atomic E-state index is 0.0806. The van der Waals surface area contributed by atoms with E-state index in [1.165, 1.54) is 0 Å². The molecule has 0 bridgehead atoms. The first-order chi connectivity index (χ1) is 11.2. The van der Waals surface area contributed by atoms with E-state index in [0.717, 1.165) is 45.4 Å². The number of hydrogen-bond donors (Lipinski definition) is 0. The van der Waals surface area contributed by atoms with Crippen molar-refractivity contribution in [3.63, 3.8) is 0 Å². The third kappa shape index (κ3) is 3.51. The summed E-state index contributed by atoms with van der Waals surface area (Å²) in [6.07, 6.45) is 3.58. The first-order valence-corrected chi connectivity index (χ1v) is 8.42. The van der Waals surface area contributed by atoms with E-state index in [4.69, 9.17) is 9.47 Å². The van der Waals surface area contributed by atoms with Gasteiger partial charge in [-0.2, -0.15) is 0 Å². The van der Waals surface area contributed by atoms with Gasteiger partial charge >= 0.3 is 0 Å². The molecule has 23 heavy (non-hydrogen) atoms. The normalized spacial score (nSPS) is 23.2. The molecule has 0 spiro atoms. The average molecular weight is 318 g/mol. The van der Waals surface area contributed by atoms with Crippen LogP contribution in [0.25, 0.3) is 0 Å². The second-order valence-electron chi connectivity index (χ2n) is 6.36. The van der Waals surface area contributed by atoms with Crippen molar-refractivity contribution in [2.75, 3.05) is 40.4 Å². The van der Waals surface area contributed by atoms with Crippen molar-refractivity contribution < 1.29 is 14.3 Å². The van der Waals surface area contributed by atoms with Crippen LogP contribution in [0.2, 0.25) is 0 Å². The Bertz CT molecular complexity index is 541. The van der Waals surface area contributed by atoms with Gasteiger partial charge in [0.05, 0.1) is 18.8 Å². The Morgan fingerprint density at radius 3 is 2.48 bits per heavy atom. The molecule has 2 aliphatic heterocycles. The van der Waals surface area contributed by atoms with Crippen molar-refractivity contribution in [3.05, 3.63) is 29.8 Å². The predicted octanol–water partition coefficient (Wildman–Crippen LogP) is 2.02. The zero-order valence-electron chi connectivity index (χ0n) is 14.0. The lowest BCUT2D eigenvalue weighted by molar-refractivity contribution is 0.0600. The molecule has 2 aliphatic rings. The molecule has 126 valence electrons. The number of carbonyl (C=O) groups excluding carboxylic acids is 1. The monoisotopic (exact) mass is 318 g/mol. The number of carbonyl (C=O) groups is 1. The smallest absolute Gasteiger partial charge is 0.257 e. The van der Waals surface area contributed by atoms with Crippen molar-refractivity contribution in [2.45, 2.75) is 31.4 Å². The minimum atomic E-state index is 0.0806. The van der Waals surface area contributed by atoms with Gasteiger partial charge in [0.1, 0.15) is 5.75 Å². The third-order valence-electron chi connectivity index (χ3n) is 5.12. The maximum Gasteiger partial charge on any atom is 0.257 e. The largest absolute Gasteiger partial charge is 0.496 e. The minimum Gasteiger partial charge on any atom is -0.496 e. The molecule has 0 radical (unpaired) electrons. The summed E-state index contributed by atoms with van der Waals surface area (Å²) in [6.45, 7) is 3.77. The molecule has 3 rings (SSSR count). The summed E-state index contributed by atoms with van der Waals surface area (Å²) in [5, 5.41) is 0. The second kappa shape index (κ2) is 7.32. The molecule has 2 fully saturated rings. The van der Waals surface area contributed by atoms with Crippen LogP contribution in [-0.4, -0.2) is 68.3 Å². The van der Waals surface area contributed by atoms with E-state index >= 15 is 0 Å². The summed E-state index contributed by atoms with van der Waals surface area (Å²) in [5.41, 5.74) is 0.661. The number of piperidine rings is 1. The van der Waals surface area contributed by atoms with Gasteiger partial charge in [-0.3, -0.25) is 9.69 Å². The lowest BCUT2D eigenvalue weighted by Gasteiger charge is -2.36. The number of ether oxygens (including phenoxy) is 2. The maximum absolute atomic E-state index is 12.7. The van der Waals surface area contributed by atoms with Crippen molar-refractivity contribution in [1.29, 1.82) is 0 Å². The van der Waals surface area contributed by atoms with Gasteiger partial charge in [0.25, 0.3) is 5.91 Å². The zero-order chi connectivity index (χ0) is 16.2. The number of benzene rings is 1. The molecule has 1 unspecified atom stereocenters. The molecule has 2 heterocycles. The summed E-state index contributed by atoms with van der Waals surface area (Å²) in [7, 11) is 3.40. The van der Waals surface area contributed by atoms with Crippen molar-refractivity contribution >= 4 is 5.91 Å². The number of para-hydroxylation sites is 1. The summed E-state index contributed by atoms with van der Waals surface area (Å²) in [5.74, 6) is 0.735. The van der Waals surface area contributed by atoms with Gasteiger partial charge in [0.2, 0.25) is 0 Å². The van der Waals surface area contributed by atoms with Crippen molar-refractivity contribution in [3.8, 4) is 5.75 Å². The van der Waals surface area contributed by atoms with E-state index in [1.54, 1.807) is 14.2 Å². The lowest BCUT2D eigenvalue weighted by Crippen LogP contribution is -2.46. The summed E-state index contributed by atoms with van der Waals surface area (Å²) < 4.78 is 10.8. The van der Waals surface area contributed by atoms with Gasteiger partial charge in [0, 0.05) is 39.3 Å². The van der Waals surface area contributed by atoms with E-state index in [9.17, 15) is 4.79 Å². The van der Waals surface area contributed by atoms with Gasteiger partial charge in [-0.15, -0.1) is 0 Å². The van der Waals surface area contributed by atoms with E-state index in [1.807, 2.05) is 29.2 Å². The van der Waals surface area contributed by atoms with Crippen LogP contribution in [0.15, 0.2) is 24.3 Å². The fraction of sp³-hybridized carbons (Fsp3) is 0.611. The van der Waals surface area contributed by atoms with Crippen LogP contribution >= 0.6 is 0 Å². The molecule has 0 N–H and O–H groups in total. The highest BCUT2D eigenvalue weighted by Gasteiger charge is 2.32. The highest BCUT2D eigenvalue weighted by molar-refractivity contribution is 5.97. The average Bonchev–Trinajstić information content (AvgIpc) is 3.10. The highest BCUT2D eigenvalue weighted by atomic mass is 16.5. The van der Waals surface area contributed by atoms with Crippen LogP contribution in [-0.2, 0) is 4.74 Å². The Morgan fingerprint density at radius 2 is 1.83 bits per heavy atom. The Balaban J connectivity index is 1.57. The summed E-state index contributed by atoms with van der Waals surface area (Å²) in [4.78, 5) is 17.2. The lowest BCUT2D eigenvalue weighted by atomic mass is 10.0. The topological polar surface area (TPSA) is 42.0 Å². The molecule has 5 nitrogen and oxygen atoms in total. The number of amides is 1. The Hall–Kier alpha value is -1.59. The summed E-state index contributed by atoms with van der Waals surface area (Å²) in [6, 6.07) is 8.04. The molecule has 1 aromatic carbocycles. The second-order valence-corrected chi connectivity index (χ2v) is 6.36. The van der Waals surface area contributed by atoms with Gasteiger partial charge in [-0.05, 0) is 31.4 Å². The van der Waals surface area contributed by atoms with Crippen LogP contribution in [0.1, 0.15) is 29.6 Å². The molecule has 1 atom stereocenters. The standard InChI is InChI=1S/C18H26N2O3/c1-22-15-9-12-20(13-15)14-7-10-19(11-8-14)18(21)16-5-3-4-6-17(16)23-2/h3-6,14-15H,7-13H2,1-2H3. The van der Waals surface area contributed by atoms with Crippen LogP contribution in [0, 0.1) is 0 Å². The third-order valence-corrected chi connectivity index (χ3v) is 5.12. The van der Waals surface area contributed by atoms with Crippen molar-refractivity contribution in [1.82, 2.24) is 9.80 Å².